The lowest BCUT2D eigenvalue weighted by Gasteiger charge is -2.33. The summed E-state index contributed by atoms with van der Waals surface area (Å²) in [6.07, 6.45) is 5.90. The standard InChI is InChI=1S/C21H23ClFN7O3/c22-13-6-14-15(9-27-18(14)26-8-13)19-28-10-16(23)20(29-19)25-7-12-2-1-5-30(11-12)21(33)24-4-3-17(31)32/h6,8-10,12H,1-5,7,11H2,(H,24,33)(H,26,27)(H,31,32)(H,25,28,29). The number of rotatable bonds is 7. The van der Waals surface area contributed by atoms with Crippen LogP contribution in [0.25, 0.3) is 22.4 Å². The molecule has 3 aromatic heterocycles. The maximum absolute atomic E-state index is 14.4. The van der Waals surface area contributed by atoms with Gasteiger partial charge in [-0.05, 0) is 24.8 Å². The molecule has 12 heteroatoms. The van der Waals surface area contributed by atoms with Crippen molar-refractivity contribution in [1.29, 1.82) is 0 Å². The number of aliphatic carboxylic acids is 1. The van der Waals surface area contributed by atoms with Gasteiger partial charge in [0.15, 0.2) is 17.5 Å². The first kappa shape index (κ1) is 22.7. The van der Waals surface area contributed by atoms with Gasteiger partial charge in [-0.1, -0.05) is 11.6 Å². The number of carbonyl (C=O) groups excluding carboxylic acids is 1. The number of hydrogen-bond donors (Lipinski definition) is 4. The van der Waals surface area contributed by atoms with Gasteiger partial charge in [0.25, 0.3) is 0 Å². The van der Waals surface area contributed by atoms with Crippen molar-refractivity contribution in [3.05, 3.63) is 35.5 Å². The van der Waals surface area contributed by atoms with Gasteiger partial charge in [-0.3, -0.25) is 4.79 Å². The minimum Gasteiger partial charge on any atom is -0.481 e. The van der Waals surface area contributed by atoms with Crippen LogP contribution in [0.1, 0.15) is 19.3 Å². The highest BCUT2D eigenvalue weighted by Gasteiger charge is 2.24. The molecule has 0 aromatic carbocycles. The molecule has 1 saturated heterocycles. The molecular weight excluding hydrogens is 453 g/mol. The van der Waals surface area contributed by atoms with Gasteiger partial charge in [-0.15, -0.1) is 0 Å². The first-order valence-electron chi connectivity index (χ1n) is 10.5. The van der Waals surface area contributed by atoms with Gasteiger partial charge in [0.05, 0.1) is 17.6 Å². The number of likely N-dealkylation sites (tertiary alicyclic amines) is 1. The van der Waals surface area contributed by atoms with E-state index in [1.54, 1.807) is 17.2 Å². The first-order valence-corrected chi connectivity index (χ1v) is 10.9. The molecule has 10 nitrogen and oxygen atoms in total. The lowest BCUT2D eigenvalue weighted by molar-refractivity contribution is -0.136. The van der Waals surface area contributed by atoms with E-state index in [1.807, 2.05) is 0 Å². The number of amides is 2. The summed E-state index contributed by atoms with van der Waals surface area (Å²) in [5.74, 6) is -1.04. The van der Waals surface area contributed by atoms with Gasteiger partial charge in [0, 0.05) is 49.5 Å². The molecule has 1 aliphatic rings. The van der Waals surface area contributed by atoms with Crippen molar-refractivity contribution in [3.8, 4) is 11.4 Å². The van der Waals surface area contributed by atoms with Crippen LogP contribution in [0, 0.1) is 11.7 Å². The number of pyridine rings is 1. The van der Waals surface area contributed by atoms with Crippen LogP contribution >= 0.6 is 11.6 Å². The Kier molecular flexibility index (Phi) is 6.87. The molecule has 4 heterocycles. The van der Waals surface area contributed by atoms with Crippen LogP contribution in [-0.2, 0) is 4.79 Å². The summed E-state index contributed by atoms with van der Waals surface area (Å²) in [5, 5.41) is 15.6. The van der Waals surface area contributed by atoms with Crippen molar-refractivity contribution in [2.45, 2.75) is 19.3 Å². The minimum atomic E-state index is -0.964. The number of nitrogens with zero attached hydrogens (tertiary/aromatic N) is 4. The molecule has 1 atom stereocenters. The molecule has 4 rings (SSSR count). The number of piperidine rings is 1. The molecule has 1 fully saturated rings. The Morgan fingerprint density at radius 1 is 1.33 bits per heavy atom. The Bertz CT molecular complexity index is 1170. The molecule has 2 amide bonds. The number of nitrogens with one attached hydrogen (secondary N) is 3. The summed E-state index contributed by atoms with van der Waals surface area (Å²) >= 11 is 6.06. The molecule has 0 saturated carbocycles. The van der Waals surface area contributed by atoms with Crippen molar-refractivity contribution in [1.82, 2.24) is 30.2 Å². The van der Waals surface area contributed by atoms with Crippen LogP contribution in [0.4, 0.5) is 15.0 Å². The number of hydrogen-bond acceptors (Lipinski definition) is 6. The van der Waals surface area contributed by atoms with E-state index in [4.69, 9.17) is 16.7 Å². The average molecular weight is 476 g/mol. The predicted molar refractivity (Wildman–Crippen MR) is 121 cm³/mol. The van der Waals surface area contributed by atoms with Crippen LogP contribution in [0.5, 0.6) is 0 Å². The fourth-order valence-corrected chi connectivity index (χ4v) is 3.99. The number of aromatic amines is 1. The smallest absolute Gasteiger partial charge is 0.317 e. The zero-order valence-electron chi connectivity index (χ0n) is 17.6. The Labute approximate surface area is 193 Å². The van der Waals surface area contributed by atoms with Crippen LogP contribution in [0.15, 0.2) is 24.7 Å². The molecule has 4 N–H and O–H groups in total. The van der Waals surface area contributed by atoms with Gasteiger partial charge >= 0.3 is 12.0 Å². The number of urea groups is 1. The average Bonchev–Trinajstić information content (AvgIpc) is 3.21. The van der Waals surface area contributed by atoms with Crippen molar-refractivity contribution in [2.75, 3.05) is 31.5 Å². The SMILES string of the molecule is O=C(O)CCNC(=O)N1CCCC(CNc2nc(-c3c[nH]c4ncc(Cl)cc34)ncc2F)C1. The minimum absolute atomic E-state index is 0.0763. The third-order valence-corrected chi connectivity index (χ3v) is 5.67. The summed E-state index contributed by atoms with van der Waals surface area (Å²) in [4.78, 5) is 40.2. The van der Waals surface area contributed by atoms with Crippen molar-refractivity contribution in [3.63, 3.8) is 0 Å². The molecule has 3 aromatic rings. The van der Waals surface area contributed by atoms with Crippen molar-refractivity contribution >= 4 is 40.5 Å². The van der Waals surface area contributed by atoms with E-state index >= 15 is 0 Å². The monoisotopic (exact) mass is 475 g/mol. The van der Waals surface area contributed by atoms with E-state index in [1.165, 1.54) is 6.20 Å². The van der Waals surface area contributed by atoms with Crippen molar-refractivity contribution in [2.24, 2.45) is 5.92 Å². The summed E-state index contributed by atoms with van der Waals surface area (Å²) in [6.45, 7) is 1.58. The number of anilines is 1. The van der Waals surface area contributed by atoms with E-state index in [2.05, 4.69) is 30.6 Å². The van der Waals surface area contributed by atoms with E-state index in [-0.39, 0.29) is 30.7 Å². The van der Waals surface area contributed by atoms with Crippen LogP contribution in [-0.4, -0.2) is 68.1 Å². The van der Waals surface area contributed by atoms with Gasteiger partial charge in [0.2, 0.25) is 0 Å². The molecular formula is C21H23ClFN7O3. The number of carboxylic acid groups (broad SMARTS) is 1. The highest BCUT2D eigenvalue weighted by molar-refractivity contribution is 6.31. The first-order chi connectivity index (χ1) is 15.9. The van der Waals surface area contributed by atoms with Gasteiger partial charge in [-0.2, -0.15) is 0 Å². The quantitative estimate of drug-likeness (QED) is 0.412. The fraction of sp³-hybridized carbons (Fsp3) is 0.381. The van der Waals surface area contributed by atoms with E-state index < -0.39 is 11.8 Å². The van der Waals surface area contributed by atoms with Crippen LogP contribution in [0.3, 0.4) is 0 Å². The van der Waals surface area contributed by atoms with E-state index in [9.17, 15) is 14.0 Å². The molecule has 1 aliphatic heterocycles. The summed E-state index contributed by atoms with van der Waals surface area (Å²) in [5.41, 5.74) is 1.28. The topological polar surface area (TPSA) is 136 Å². The highest BCUT2D eigenvalue weighted by atomic mass is 35.5. The second kappa shape index (κ2) is 9.99. The number of aromatic nitrogens is 4. The second-order valence-corrected chi connectivity index (χ2v) is 8.29. The normalized spacial score (nSPS) is 16.1. The van der Waals surface area contributed by atoms with Crippen LogP contribution in [0.2, 0.25) is 5.02 Å². The molecule has 174 valence electrons. The Morgan fingerprint density at radius 2 is 2.18 bits per heavy atom. The second-order valence-electron chi connectivity index (χ2n) is 7.85. The van der Waals surface area contributed by atoms with Gasteiger partial charge in [0.1, 0.15) is 5.65 Å². The number of H-pyrrole nitrogens is 1. The Hall–Kier alpha value is -3.47. The third-order valence-electron chi connectivity index (χ3n) is 5.46. The summed E-state index contributed by atoms with van der Waals surface area (Å²) in [6, 6.07) is 1.45. The molecule has 33 heavy (non-hydrogen) atoms. The summed E-state index contributed by atoms with van der Waals surface area (Å²) in [7, 11) is 0. The largest absolute Gasteiger partial charge is 0.481 e. The third kappa shape index (κ3) is 5.48. The fourth-order valence-electron chi connectivity index (χ4n) is 3.83. The number of halogens is 2. The number of carboxylic acids is 1. The Balaban J connectivity index is 1.40. The predicted octanol–water partition coefficient (Wildman–Crippen LogP) is 3.12. The number of fused-ring (bicyclic) bond motifs is 1. The molecule has 0 bridgehead atoms. The zero-order valence-corrected chi connectivity index (χ0v) is 18.4. The zero-order chi connectivity index (χ0) is 23.4. The highest BCUT2D eigenvalue weighted by Crippen LogP contribution is 2.28. The van der Waals surface area contributed by atoms with Crippen LogP contribution < -0.4 is 10.6 Å². The van der Waals surface area contributed by atoms with Gasteiger partial charge in [-0.25, -0.2) is 24.1 Å². The lowest BCUT2D eigenvalue weighted by atomic mass is 9.98. The maximum atomic E-state index is 14.4. The molecule has 0 radical (unpaired) electrons. The number of carbonyl (C=O) groups is 2. The van der Waals surface area contributed by atoms with E-state index in [0.717, 1.165) is 24.4 Å². The lowest BCUT2D eigenvalue weighted by Crippen LogP contribution is -2.47. The maximum Gasteiger partial charge on any atom is 0.317 e. The van der Waals surface area contributed by atoms with Crippen molar-refractivity contribution < 1.29 is 19.1 Å². The summed E-state index contributed by atoms with van der Waals surface area (Å²) < 4.78 is 14.4. The Morgan fingerprint density at radius 3 is 3.00 bits per heavy atom. The molecule has 0 spiro atoms. The molecule has 1 unspecified atom stereocenters. The van der Waals surface area contributed by atoms with E-state index in [0.29, 0.717) is 41.7 Å². The molecule has 0 aliphatic carbocycles. The van der Waals surface area contributed by atoms with Gasteiger partial charge < -0.3 is 25.6 Å².